The van der Waals surface area contributed by atoms with Gasteiger partial charge in [-0.15, -0.1) is 0 Å². The molecule has 4 nitrogen and oxygen atoms in total. The molecule has 0 radical (unpaired) electrons. The minimum atomic E-state index is -0.504. The molecular formula is C9H18N2O2. The van der Waals surface area contributed by atoms with Crippen molar-refractivity contribution in [2.75, 3.05) is 20.8 Å². The average Bonchev–Trinajstić information content (AvgIpc) is 2.00. The molecule has 1 unspecified atom stereocenters. The summed E-state index contributed by atoms with van der Waals surface area (Å²) in [6.45, 7) is 0.301. The zero-order valence-corrected chi connectivity index (χ0v) is 8.32. The number of carbonyl (C=O) groups is 1. The largest absolute Gasteiger partial charge is 0.383 e. The summed E-state index contributed by atoms with van der Waals surface area (Å²) in [6, 6.07) is -0.0917. The van der Waals surface area contributed by atoms with Gasteiger partial charge in [0.05, 0.1) is 6.61 Å². The summed E-state index contributed by atoms with van der Waals surface area (Å²) in [7, 11) is 3.37. The van der Waals surface area contributed by atoms with E-state index in [-0.39, 0.29) is 5.91 Å². The third-order valence-corrected chi connectivity index (χ3v) is 2.63. The third kappa shape index (κ3) is 2.42. The number of rotatable bonds is 4. The number of ether oxygens (including phenoxy) is 1. The Morgan fingerprint density at radius 1 is 1.69 bits per heavy atom. The van der Waals surface area contributed by atoms with Crippen LogP contribution >= 0.6 is 0 Å². The molecule has 0 aromatic rings. The highest BCUT2D eigenvalue weighted by atomic mass is 16.5. The van der Waals surface area contributed by atoms with Crippen molar-refractivity contribution in [1.29, 1.82) is 0 Å². The Morgan fingerprint density at radius 2 is 2.31 bits per heavy atom. The lowest BCUT2D eigenvalue weighted by Crippen LogP contribution is -2.50. The van der Waals surface area contributed by atoms with E-state index in [1.807, 2.05) is 7.05 Å². The molecule has 4 heteroatoms. The van der Waals surface area contributed by atoms with Crippen molar-refractivity contribution in [1.82, 2.24) is 4.90 Å². The van der Waals surface area contributed by atoms with Crippen LogP contribution in [0.5, 0.6) is 0 Å². The van der Waals surface area contributed by atoms with Gasteiger partial charge in [0.2, 0.25) is 5.91 Å². The van der Waals surface area contributed by atoms with Crippen molar-refractivity contribution >= 4 is 5.91 Å². The first-order valence-electron chi connectivity index (χ1n) is 4.68. The minimum absolute atomic E-state index is 0.00782. The number of methoxy groups -OCH3 is 1. The molecule has 1 amide bonds. The number of hydrogen-bond acceptors (Lipinski definition) is 3. The lowest BCUT2D eigenvalue weighted by Gasteiger charge is -2.35. The molecule has 0 spiro atoms. The highest BCUT2D eigenvalue weighted by molar-refractivity contribution is 5.81. The molecule has 0 aromatic heterocycles. The molecule has 0 heterocycles. The maximum Gasteiger partial charge on any atom is 0.241 e. The van der Waals surface area contributed by atoms with Gasteiger partial charge in [-0.2, -0.15) is 0 Å². The number of hydrogen-bond donors (Lipinski definition) is 1. The molecule has 0 aromatic carbocycles. The van der Waals surface area contributed by atoms with Gasteiger partial charge >= 0.3 is 0 Å². The maximum absolute atomic E-state index is 11.6. The van der Waals surface area contributed by atoms with E-state index in [1.165, 1.54) is 6.42 Å². The summed E-state index contributed by atoms with van der Waals surface area (Å²) in [5.74, 6) is -0.00782. The van der Waals surface area contributed by atoms with Crippen LogP contribution in [0.1, 0.15) is 19.3 Å². The zero-order valence-electron chi connectivity index (χ0n) is 8.32. The third-order valence-electron chi connectivity index (χ3n) is 2.63. The Kier molecular flexibility index (Phi) is 3.69. The Morgan fingerprint density at radius 3 is 2.69 bits per heavy atom. The Bertz CT molecular complexity index is 180. The fraction of sp³-hybridized carbons (Fsp3) is 0.889. The van der Waals surface area contributed by atoms with Gasteiger partial charge in [-0.05, 0) is 19.3 Å². The second-order valence-corrected chi connectivity index (χ2v) is 3.60. The van der Waals surface area contributed by atoms with E-state index in [9.17, 15) is 4.79 Å². The summed E-state index contributed by atoms with van der Waals surface area (Å²) in [6.07, 6.45) is 3.45. The molecule has 0 saturated heterocycles. The van der Waals surface area contributed by atoms with E-state index in [0.29, 0.717) is 12.6 Å². The lowest BCUT2D eigenvalue weighted by atomic mass is 9.91. The van der Waals surface area contributed by atoms with Gasteiger partial charge in [-0.3, -0.25) is 4.79 Å². The van der Waals surface area contributed by atoms with Gasteiger partial charge in [0.25, 0.3) is 0 Å². The molecule has 1 rings (SSSR count). The van der Waals surface area contributed by atoms with Gasteiger partial charge in [-0.25, -0.2) is 0 Å². The molecule has 0 bridgehead atoms. The van der Waals surface area contributed by atoms with Crippen LogP contribution in [0.25, 0.3) is 0 Å². The summed E-state index contributed by atoms with van der Waals surface area (Å²) >= 11 is 0. The van der Waals surface area contributed by atoms with Crippen LogP contribution < -0.4 is 5.73 Å². The summed E-state index contributed by atoms with van der Waals surface area (Å²) in [4.78, 5) is 13.3. The van der Waals surface area contributed by atoms with E-state index in [2.05, 4.69) is 0 Å². The second kappa shape index (κ2) is 4.58. The Balaban J connectivity index is 2.36. The van der Waals surface area contributed by atoms with Gasteiger partial charge in [-0.1, -0.05) is 0 Å². The molecule has 1 saturated carbocycles. The molecular weight excluding hydrogens is 168 g/mol. The fourth-order valence-corrected chi connectivity index (χ4v) is 1.47. The van der Waals surface area contributed by atoms with E-state index >= 15 is 0 Å². The summed E-state index contributed by atoms with van der Waals surface area (Å²) in [5.41, 5.74) is 5.63. The van der Waals surface area contributed by atoms with Crippen LogP contribution in [-0.2, 0) is 9.53 Å². The standard InChI is InChI=1S/C9H18N2O2/c1-11(7-4-3-5-7)9(12)8(10)6-13-2/h7-8H,3-6,10H2,1-2H3. The van der Waals surface area contributed by atoms with Crippen molar-refractivity contribution in [2.24, 2.45) is 5.73 Å². The molecule has 13 heavy (non-hydrogen) atoms. The van der Waals surface area contributed by atoms with Crippen LogP contribution in [0.2, 0.25) is 0 Å². The minimum Gasteiger partial charge on any atom is -0.383 e. The smallest absolute Gasteiger partial charge is 0.241 e. The van der Waals surface area contributed by atoms with Crippen LogP contribution in [0.3, 0.4) is 0 Å². The fourth-order valence-electron chi connectivity index (χ4n) is 1.47. The molecule has 0 aliphatic heterocycles. The van der Waals surface area contributed by atoms with Crippen LogP contribution in [0.15, 0.2) is 0 Å². The second-order valence-electron chi connectivity index (χ2n) is 3.60. The highest BCUT2D eigenvalue weighted by Crippen LogP contribution is 2.23. The van der Waals surface area contributed by atoms with Crippen molar-refractivity contribution in [3.05, 3.63) is 0 Å². The van der Waals surface area contributed by atoms with Gasteiger partial charge in [0, 0.05) is 20.2 Å². The van der Waals surface area contributed by atoms with Crippen molar-refractivity contribution in [3.63, 3.8) is 0 Å². The van der Waals surface area contributed by atoms with E-state index in [4.69, 9.17) is 10.5 Å². The molecule has 1 fully saturated rings. The normalized spacial score (nSPS) is 19.3. The zero-order chi connectivity index (χ0) is 9.84. The first-order valence-corrected chi connectivity index (χ1v) is 4.68. The van der Waals surface area contributed by atoms with Gasteiger partial charge in [0.15, 0.2) is 0 Å². The SMILES string of the molecule is COCC(N)C(=O)N(C)C1CCC1. The Hall–Kier alpha value is -0.610. The lowest BCUT2D eigenvalue weighted by molar-refractivity contribution is -0.136. The summed E-state index contributed by atoms with van der Waals surface area (Å²) < 4.78 is 4.83. The van der Waals surface area contributed by atoms with Crippen molar-refractivity contribution in [2.45, 2.75) is 31.3 Å². The number of likely N-dealkylation sites (N-methyl/N-ethyl adjacent to an activating group) is 1. The first-order chi connectivity index (χ1) is 6.16. The number of nitrogens with two attached hydrogens (primary N) is 1. The summed E-state index contributed by atoms with van der Waals surface area (Å²) in [5, 5.41) is 0. The van der Waals surface area contributed by atoms with E-state index in [1.54, 1.807) is 12.0 Å². The maximum atomic E-state index is 11.6. The monoisotopic (exact) mass is 186 g/mol. The highest BCUT2D eigenvalue weighted by Gasteiger charge is 2.28. The predicted molar refractivity (Wildman–Crippen MR) is 50.3 cm³/mol. The molecule has 76 valence electrons. The van der Waals surface area contributed by atoms with Crippen molar-refractivity contribution < 1.29 is 9.53 Å². The number of carbonyl (C=O) groups excluding carboxylic acids is 1. The number of nitrogens with zero attached hydrogens (tertiary/aromatic N) is 1. The number of amides is 1. The van der Waals surface area contributed by atoms with Crippen LogP contribution in [-0.4, -0.2) is 43.7 Å². The van der Waals surface area contributed by atoms with Crippen molar-refractivity contribution in [3.8, 4) is 0 Å². The molecule has 1 aliphatic carbocycles. The predicted octanol–water partition coefficient (Wildman–Crippen LogP) is -0.0290. The first kappa shape index (κ1) is 10.5. The van der Waals surface area contributed by atoms with E-state index in [0.717, 1.165) is 12.8 Å². The molecule has 1 aliphatic rings. The Labute approximate surface area is 79.0 Å². The van der Waals surface area contributed by atoms with E-state index < -0.39 is 6.04 Å². The average molecular weight is 186 g/mol. The van der Waals surface area contributed by atoms with Gasteiger partial charge < -0.3 is 15.4 Å². The molecule has 1 atom stereocenters. The molecule has 2 N–H and O–H groups in total. The van der Waals surface area contributed by atoms with Crippen LogP contribution in [0, 0.1) is 0 Å². The quantitative estimate of drug-likeness (QED) is 0.671. The van der Waals surface area contributed by atoms with Gasteiger partial charge in [0.1, 0.15) is 6.04 Å². The topological polar surface area (TPSA) is 55.6 Å². The van der Waals surface area contributed by atoms with Crippen LogP contribution in [0.4, 0.5) is 0 Å².